The molecule has 154 valence electrons. The molecular weight excluding hydrogens is 404 g/mol. The lowest BCUT2D eigenvalue weighted by atomic mass is 10.1. The van der Waals surface area contributed by atoms with Crippen molar-refractivity contribution in [3.05, 3.63) is 76.1 Å². The van der Waals surface area contributed by atoms with Gasteiger partial charge in [-0.2, -0.15) is 10.2 Å². The average Bonchev–Trinajstić information content (AvgIpc) is 3.42. The molecule has 3 heterocycles. The summed E-state index contributed by atoms with van der Waals surface area (Å²) in [5.41, 5.74) is 4.17. The Morgan fingerprint density at radius 2 is 1.80 bits per heavy atom. The number of aromatic nitrogens is 7. The van der Waals surface area contributed by atoms with Crippen molar-refractivity contribution in [2.45, 2.75) is 34.0 Å². The Kier molecular flexibility index (Phi) is 5.37. The molecule has 0 spiro atoms. The monoisotopic (exact) mass is 424 g/mol. The van der Waals surface area contributed by atoms with Crippen LogP contribution in [-0.4, -0.2) is 40.2 Å². The van der Waals surface area contributed by atoms with E-state index in [1.807, 2.05) is 45.0 Å². The van der Waals surface area contributed by atoms with Gasteiger partial charge in [0, 0.05) is 6.20 Å². The van der Waals surface area contributed by atoms with Gasteiger partial charge in [-0.3, -0.25) is 14.8 Å². The van der Waals surface area contributed by atoms with Gasteiger partial charge in [-0.25, -0.2) is 14.3 Å². The lowest BCUT2D eigenvalue weighted by molar-refractivity contribution is 0.102. The molecular formula is C20H21ClN8O. The molecule has 30 heavy (non-hydrogen) atoms. The summed E-state index contributed by atoms with van der Waals surface area (Å²) in [5.74, 6) is -0.153. The molecule has 4 aromatic rings. The molecule has 0 aliphatic carbocycles. The molecule has 0 saturated heterocycles. The van der Waals surface area contributed by atoms with Crippen molar-refractivity contribution in [1.82, 2.24) is 34.3 Å². The van der Waals surface area contributed by atoms with E-state index in [-0.39, 0.29) is 17.5 Å². The van der Waals surface area contributed by atoms with Crippen LogP contribution in [0.4, 0.5) is 5.95 Å². The van der Waals surface area contributed by atoms with E-state index in [1.165, 1.54) is 5.56 Å². The first kappa shape index (κ1) is 19.8. The fourth-order valence-corrected chi connectivity index (χ4v) is 3.12. The van der Waals surface area contributed by atoms with E-state index in [1.54, 1.807) is 32.6 Å². The molecule has 0 saturated carbocycles. The minimum absolute atomic E-state index is 0.229. The van der Waals surface area contributed by atoms with E-state index < -0.39 is 0 Å². The van der Waals surface area contributed by atoms with E-state index in [4.69, 9.17) is 11.6 Å². The van der Waals surface area contributed by atoms with Crippen molar-refractivity contribution < 1.29 is 4.79 Å². The number of anilines is 1. The minimum atomic E-state index is -0.381. The lowest BCUT2D eigenvalue weighted by Crippen LogP contribution is -2.16. The molecule has 1 amide bonds. The summed E-state index contributed by atoms with van der Waals surface area (Å²) < 4.78 is 5.03. The third kappa shape index (κ3) is 4.25. The molecule has 0 aliphatic heterocycles. The van der Waals surface area contributed by atoms with Crippen molar-refractivity contribution in [3.63, 3.8) is 0 Å². The van der Waals surface area contributed by atoms with Gasteiger partial charge in [-0.1, -0.05) is 41.4 Å². The molecule has 0 aliphatic rings. The van der Waals surface area contributed by atoms with Crippen LogP contribution in [-0.2, 0) is 13.2 Å². The Hall–Kier alpha value is -3.46. The molecule has 0 bridgehead atoms. The molecule has 4 rings (SSSR count). The fourth-order valence-electron chi connectivity index (χ4n) is 2.99. The van der Waals surface area contributed by atoms with E-state index >= 15 is 0 Å². The number of aryl methyl sites for hydroxylation is 2. The van der Waals surface area contributed by atoms with Gasteiger partial charge in [-0.15, -0.1) is 5.10 Å². The summed E-state index contributed by atoms with van der Waals surface area (Å²) in [5, 5.41) is 16.3. The van der Waals surface area contributed by atoms with Crippen molar-refractivity contribution in [3.8, 4) is 0 Å². The van der Waals surface area contributed by atoms with Gasteiger partial charge >= 0.3 is 0 Å². The van der Waals surface area contributed by atoms with Gasteiger partial charge in [0.25, 0.3) is 5.91 Å². The Morgan fingerprint density at radius 3 is 2.50 bits per heavy atom. The van der Waals surface area contributed by atoms with Crippen LogP contribution in [0.1, 0.15) is 33.0 Å². The van der Waals surface area contributed by atoms with Gasteiger partial charge in [-0.05, 0) is 32.4 Å². The van der Waals surface area contributed by atoms with Crippen LogP contribution in [0.25, 0.3) is 0 Å². The second-order valence-electron chi connectivity index (χ2n) is 7.07. The van der Waals surface area contributed by atoms with Crippen molar-refractivity contribution in [2.75, 3.05) is 5.32 Å². The van der Waals surface area contributed by atoms with E-state index in [2.05, 4.69) is 25.6 Å². The standard InChI is InChI=1S/C20H21ClN8O/c1-13-4-6-16(7-5-13)10-28-11-22-20(26-28)23-19(30)17-8-9-27(25-17)12-29-15(3)18(21)14(2)24-29/h4-9,11H,10,12H2,1-3H3,(H,23,26,30). The van der Waals surface area contributed by atoms with Crippen molar-refractivity contribution >= 4 is 23.5 Å². The molecule has 0 fully saturated rings. The highest BCUT2D eigenvalue weighted by molar-refractivity contribution is 6.31. The van der Waals surface area contributed by atoms with Crippen LogP contribution in [0.5, 0.6) is 0 Å². The van der Waals surface area contributed by atoms with Crippen molar-refractivity contribution in [1.29, 1.82) is 0 Å². The fraction of sp³-hybridized carbons (Fsp3) is 0.250. The largest absolute Gasteiger partial charge is 0.288 e. The predicted molar refractivity (Wildman–Crippen MR) is 113 cm³/mol. The van der Waals surface area contributed by atoms with E-state index in [0.717, 1.165) is 17.0 Å². The zero-order chi connectivity index (χ0) is 21.3. The van der Waals surface area contributed by atoms with E-state index in [0.29, 0.717) is 18.2 Å². The van der Waals surface area contributed by atoms with Gasteiger partial charge in [0.1, 0.15) is 13.0 Å². The van der Waals surface area contributed by atoms with Crippen LogP contribution >= 0.6 is 11.6 Å². The zero-order valence-corrected chi connectivity index (χ0v) is 17.6. The first-order chi connectivity index (χ1) is 14.4. The number of hydrogen-bond acceptors (Lipinski definition) is 5. The highest BCUT2D eigenvalue weighted by Crippen LogP contribution is 2.18. The normalized spacial score (nSPS) is 11.1. The predicted octanol–water partition coefficient (Wildman–Crippen LogP) is 3.06. The Labute approximate surface area is 178 Å². The molecule has 1 aromatic carbocycles. The summed E-state index contributed by atoms with van der Waals surface area (Å²) in [6, 6.07) is 9.80. The number of nitrogens with one attached hydrogen (secondary N) is 1. The molecule has 0 unspecified atom stereocenters. The molecule has 0 radical (unpaired) electrons. The zero-order valence-electron chi connectivity index (χ0n) is 16.9. The Balaban J connectivity index is 1.39. The highest BCUT2D eigenvalue weighted by atomic mass is 35.5. The quantitative estimate of drug-likeness (QED) is 0.513. The number of nitrogens with zero attached hydrogens (tertiary/aromatic N) is 7. The Bertz CT molecular complexity index is 1190. The molecule has 9 nitrogen and oxygen atoms in total. The second kappa shape index (κ2) is 8.11. The first-order valence-electron chi connectivity index (χ1n) is 9.38. The van der Waals surface area contributed by atoms with Gasteiger partial charge < -0.3 is 0 Å². The topological polar surface area (TPSA) is 95.5 Å². The highest BCUT2D eigenvalue weighted by Gasteiger charge is 2.14. The summed E-state index contributed by atoms with van der Waals surface area (Å²) in [6.45, 7) is 6.70. The number of rotatable bonds is 6. The minimum Gasteiger partial charge on any atom is -0.288 e. The van der Waals surface area contributed by atoms with Gasteiger partial charge in [0.05, 0.1) is 23.0 Å². The molecule has 10 heteroatoms. The van der Waals surface area contributed by atoms with E-state index in [9.17, 15) is 4.79 Å². The maximum absolute atomic E-state index is 12.5. The number of carbonyl (C=O) groups excluding carboxylic acids is 1. The lowest BCUT2D eigenvalue weighted by Gasteiger charge is -2.04. The first-order valence-corrected chi connectivity index (χ1v) is 9.76. The third-order valence-electron chi connectivity index (χ3n) is 4.67. The number of hydrogen-bond donors (Lipinski definition) is 1. The summed E-state index contributed by atoms with van der Waals surface area (Å²) >= 11 is 6.18. The van der Waals surface area contributed by atoms with Crippen LogP contribution in [0.2, 0.25) is 5.02 Å². The number of amides is 1. The molecule has 3 aromatic heterocycles. The average molecular weight is 425 g/mol. The maximum Gasteiger partial charge on any atom is 0.278 e. The molecule has 0 atom stereocenters. The Morgan fingerprint density at radius 1 is 1.03 bits per heavy atom. The molecule has 1 N–H and O–H groups in total. The van der Waals surface area contributed by atoms with Crippen LogP contribution in [0.15, 0.2) is 42.9 Å². The smallest absolute Gasteiger partial charge is 0.278 e. The summed E-state index contributed by atoms with van der Waals surface area (Å²) in [4.78, 5) is 16.6. The van der Waals surface area contributed by atoms with Crippen LogP contribution in [0, 0.1) is 20.8 Å². The number of benzene rings is 1. The third-order valence-corrected chi connectivity index (χ3v) is 5.22. The number of halogens is 1. The number of carbonyl (C=O) groups is 1. The SMILES string of the molecule is Cc1ccc(Cn2cnc(NC(=O)c3ccn(Cn4nc(C)c(Cl)c4C)n3)n2)cc1. The second-order valence-corrected chi connectivity index (χ2v) is 7.45. The van der Waals surface area contributed by atoms with Gasteiger partial charge in [0.15, 0.2) is 5.69 Å². The van der Waals surface area contributed by atoms with Crippen molar-refractivity contribution in [2.24, 2.45) is 0 Å². The maximum atomic E-state index is 12.5. The van der Waals surface area contributed by atoms with Gasteiger partial charge in [0.2, 0.25) is 5.95 Å². The van der Waals surface area contributed by atoms with Crippen LogP contribution in [0.3, 0.4) is 0 Å². The summed E-state index contributed by atoms with van der Waals surface area (Å²) in [6.07, 6.45) is 3.29. The summed E-state index contributed by atoms with van der Waals surface area (Å²) in [7, 11) is 0. The van der Waals surface area contributed by atoms with Crippen LogP contribution < -0.4 is 5.32 Å².